The van der Waals surface area contributed by atoms with Gasteiger partial charge in [0.1, 0.15) is 6.26 Å². The van der Waals surface area contributed by atoms with Gasteiger partial charge in [0.05, 0.1) is 17.3 Å². The summed E-state index contributed by atoms with van der Waals surface area (Å²) in [5, 5.41) is 9.48. The highest BCUT2D eigenvalue weighted by atomic mass is 35.5. The summed E-state index contributed by atoms with van der Waals surface area (Å²) in [5.41, 5.74) is 3.70. The van der Waals surface area contributed by atoms with E-state index in [4.69, 9.17) is 21.3 Å². The quantitative estimate of drug-likeness (QED) is 0.632. The number of benzene rings is 2. The molecule has 0 unspecified atom stereocenters. The Kier molecular flexibility index (Phi) is 5.02. The third kappa shape index (κ3) is 4.16. The van der Waals surface area contributed by atoms with Crippen LogP contribution >= 0.6 is 23.4 Å². The molecule has 0 fully saturated rings. The summed E-state index contributed by atoms with van der Waals surface area (Å²) in [6, 6.07) is 17.2. The maximum absolute atomic E-state index is 8.78. The standard InChI is InChI=1S/C18H13ClN2OS/c19-16-7-5-15(6-8-16)18-21-17(10-22-18)12-23-11-14-3-1-13(9-20)2-4-14/h1-8,10H,11-12H2. The first-order valence-electron chi connectivity index (χ1n) is 7.02. The van der Waals surface area contributed by atoms with Gasteiger partial charge in [-0.15, -0.1) is 0 Å². The summed E-state index contributed by atoms with van der Waals surface area (Å²) in [6.45, 7) is 0. The van der Waals surface area contributed by atoms with Crippen molar-refractivity contribution in [2.75, 3.05) is 0 Å². The van der Waals surface area contributed by atoms with Crippen LogP contribution in [0.25, 0.3) is 11.5 Å². The molecule has 0 spiro atoms. The predicted octanol–water partition coefficient (Wildman–Crippen LogP) is 5.30. The van der Waals surface area contributed by atoms with Crippen molar-refractivity contribution in [2.45, 2.75) is 11.5 Å². The van der Waals surface area contributed by atoms with E-state index in [9.17, 15) is 0 Å². The van der Waals surface area contributed by atoms with Crippen LogP contribution in [0.3, 0.4) is 0 Å². The number of rotatable bonds is 5. The second kappa shape index (κ2) is 7.36. The van der Waals surface area contributed by atoms with E-state index in [2.05, 4.69) is 11.1 Å². The molecule has 0 bridgehead atoms. The van der Waals surface area contributed by atoms with E-state index in [1.54, 1.807) is 18.0 Å². The van der Waals surface area contributed by atoms with Gasteiger partial charge in [-0.1, -0.05) is 23.7 Å². The molecule has 0 radical (unpaired) electrons. The van der Waals surface area contributed by atoms with E-state index >= 15 is 0 Å². The molecule has 23 heavy (non-hydrogen) atoms. The normalized spacial score (nSPS) is 10.4. The highest BCUT2D eigenvalue weighted by Gasteiger charge is 2.07. The summed E-state index contributed by atoms with van der Waals surface area (Å²) < 4.78 is 5.52. The van der Waals surface area contributed by atoms with E-state index in [1.807, 2.05) is 48.5 Å². The van der Waals surface area contributed by atoms with Crippen LogP contribution in [-0.4, -0.2) is 4.98 Å². The minimum Gasteiger partial charge on any atom is -0.444 e. The number of halogens is 1. The van der Waals surface area contributed by atoms with Gasteiger partial charge >= 0.3 is 0 Å². The molecule has 1 heterocycles. The fraction of sp³-hybridized carbons (Fsp3) is 0.111. The Labute approximate surface area is 143 Å². The summed E-state index contributed by atoms with van der Waals surface area (Å²) in [6.07, 6.45) is 1.69. The molecule has 0 saturated heterocycles. The summed E-state index contributed by atoms with van der Waals surface area (Å²) in [7, 11) is 0. The molecule has 3 nitrogen and oxygen atoms in total. The average Bonchev–Trinajstić information content (AvgIpc) is 3.05. The summed E-state index contributed by atoms with van der Waals surface area (Å²) >= 11 is 7.64. The second-order valence-corrected chi connectivity index (χ2v) is 6.37. The third-order valence-corrected chi connectivity index (χ3v) is 4.53. The number of aromatic nitrogens is 1. The highest BCUT2D eigenvalue weighted by molar-refractivity contribution is 7.97. The summed E-state index contributed by atoms with van der Waals surface area (Å²) in [5.74, 6) is 2.25. The Hall–Kier alpha value is -2.22. The molecule has 0 atom stereocenters. The lowest BCUT2D eigenvalue weighted by molar-refractivity contribution is 0.573. The zero-order chi connectivity index (χ0) is 16.1. The molecule has 3 aromatic rings. The van der Waals surface area contributed by atoms with Crippen LogP contribution in [0.1, 0.15) is 16.8 Å². The Balaban J connectivity index is 1.56. The van der Waals surface area contributed by atoms with Crippen LogP contribution in [-0.2, 0) is 11.5 Å². The van der Waals surface area contributed by atoms with Crippen LogP contribution in [0.5, 0.6) is 0 Å². The van der Waals surface area contributed by atoms with Crippen molar-refractivity contribution >= 4 is 23.4 Å². The molecule has 0 amide bonds. The molecule has 114 valence electrons. The predicted molar refractivity (Wildman–Crippen MR) is 93.1 cm³/mol. The van der Waals surface area contributed by atoms with E-state index in [0.717, 1.165) is 22.8 Å². The topological polar surface area (TPSA) is 49.8 Å². The molecule has 5 heteroatoms. The lowest BCUT2D eigenvalue weighted by Crippen LogP contribution is -1.85. The number of hydrogen-bond acceptors (Lipinski definition) is 4. The second-order valence-electron chi connectivity index (χ2n) is 4.95. The lowest BCUT2D eigenvalue weighted by atomic mass is 10.2. The van der Waals surface area contributed by atoms with Crippen molar-refractivity contribution in [3.8, 4) is 17.5 Å². The van der Waals surface area contributed by atoms with Crippen molar-refractivity contribution in [2.24, 2.45) is 0 Å². The number of nitriles is 1. The van der Waals surface area contributed by atoms with E-state index in [1.165, 1.54) is 5.56 Å². The fourth-order valence-corrected chi connectivity index (χ4v) is 3.05. The van der Waals surface area contributed by atoms with E-state index in [0.29, 0.717) is 16.5 Å². The van der Waals surface area contributed by atoms with Gasteiger partial charge in [-0.2, -0.15) is 17.0 Å². The number of oxazole rings is 1. The Morgan fingerprint density at radius 2 is 1.78 bits per heavy atom. The van der Waals surface area contributed by atoms with Gasteiger partial charge in [-0.05, 0) is 42.0 Å². The van der Waals surface area contributed by atoms with Gasteiger partial charge in [-0.25, -0.2) is 4.98 Å². The van der Waals surface area contributed by atoms with Crippen LogP contribution < -0.4 is 0 Å². The fourth-order valence-electron chi connectivity index (χ4n) is 2.05. The minimum atomic E-state index is 0.607. The largest absolute Gasteiger partial charge is 0.444 e. The SMILES string of the molecule is N#Cc1ccc(CSCc2coc(-c3ccc(Cl)cc3)n2)cc1. The van der Waals surface area contributed by atoms with Gasteiger partial charge in [-0.3, -0.25) is 0 Å². The molecule has 3 rings (SSSR count). The first-order chi connectivity index (χ1) is 11.2. The van der Waals surface area contributed by atoms with Crippen molar-refractivity contribution in [3.63, 3.8) is 0 Å². The molecular formula is C18H13ClN2OS. The van der Waals surface area contributed by atoms with Crippen molar-refractivity contribution < 1.29 is 4.42 Å². The number of nitrogens with zero attached hydrogens (tertiary/aromatic N) is 2. The Morgan fingerprint density at radius 3 is 2.48 bits per heavy atom. The van der Waals surface area contributed by atoms with E-state index in [-0.39, 0.29) is 0 Å². The van der Waals surface area contributed by atoms with Gasteiger partial charge < -0.3 is 4.42 Å². The van der Waals surface area contributed by atoms with E-state index < -0.39 is 0 Å². The zero-order valence-corrected chi connectivity index (χ0v) is 13.8. The lowest BCUT2D eigenvalue weighted by Gasteiger charge is -2.00. The highest BCUT2D eigenvalue weighted by Crippen LogP contribution is 2.23. The van der Waals surface area contributed by atoms with Gasteiger partial charge in [0.2, 0.25) is 5.89 Å². The number of hydrogen-bond donors (Lipinski definition) is 0. The van der Waals surface area contributed by atoms with Gasteiger partial charge in [0.15, 0.2) is 0 Å². The van der Waals surface area contributed by atoms with Crippen LogP contribution in [0.4, 0.5) is 0 Å². The van der Waals surface area contributed by atoms with Crippen molar-refractivity contribution in [1.29, 1.82) is 5.26 Å². The van der Waals surface area contributed by atoms with Gasteiger partial charge in [0.25, 0.3) is 0 Å². The smallest absolute Gasteiger partial charge is 0.226 e. The number of thioether (sulfide) groups is 1. The molecular weight excluding hydrogens is 328 g/mol. The molecule has 0 saturated carbocycles. The minimum absolute atomic E-state index is 0.607. The van der Waals surface area contributed by atoms with Crippen LogP contribution in [0.15, 0.2) is 59.2 Å². The molecule has 0 aliphatic heterocycles. The van der Waals surface area contributed by atoms with Gasteiger partial charge in [0, 0.05) is 22.1 Å². The Morgan fingerprint density at radius 1 is 1.04 bits per heavy atom. The Bertz CT molecular complexity index is 819. The monoisotopic (exact) mass is 340 g/mol. The van der Waals surface area contributed by atoms with Crippen LogP contribution in [0.2, 0.25) is 5.02 Å². The van der Waals surface area contributed by atoms with Crippen molar-refractivity contribution in [1.82, 2.24) is 4.98 Å². The molecule has 1 aromatic heterocycles. The van der Waals surface area contributed by atoms with Crippen LogP contribution in [0, 0.1) is 11.3 Å². The maximum atomic E-state index is 8.78. The van der Waals surface area contributed by atoms with Crippen molar-refractivity contribution in [3.05, 3.63) is 76.6 Å². The zero-order valence-electron chi connectivity index (χ0n) is 12.2. The molecule has 0 N–H and O–H groups in total. The average molecular weight is 341 g/mol. The molecule has 2 aromatic carbocycles. The first kappa shape index (κ1) is 15.7. The maximum Gasteiger partial charge on any atom is 0.226 e. The third-order valence-electron chi connectivity index (χ3n) is 3.24. The molecule has 0 aliphatic carbocycles. The summed E-state index contributed by atoms with van der Waals surface area (Å²) in [4.78, 5) is 4.50. The first-order valence-corrected chi connectivity index (χ1v) is 8.55. The molecule has 0 aliphatic rings.